The highest BCUT2D eigenvalue weighted by molar-refractivity contribution is 5.59. The summed E-state index contributed by atoms with van der Waals surface area (Å²) in [6.07, 6.45) is 0.656. The van der Waals surface area contributed by atoms with Crippen molar-refractivity contribution in [1.29, 1.82) is 0 Å². The molecule has 150 valence electrons. The highest BCUT2D eigenvalue weighted by Crippen LogP contribution is 2.23. The number of H-pyrrole nitrogens is 1. The predicted molar refractivity (Wildman–Crippen MR) is 114 cm³/mol. The van der Waals surface area contributed by atoms with Gasteiger partial charge < -0.3 is 15.2 Å². The van der Waals surface area contributed by atoms with Crippen molar-refractivity contribution in [3.8, 4) is 22.7 Å². The molecule has 7 nitrogen and oxygen atoms in total. The molecule has 0 bridgehead atoms. The summed E-state index contributed by atoms with van der Waals surface area (Å²) in [6.45, 7) is 2.00. The van der Waals surface area contributed by atoms with Gasteiger partial charge in [-0.05, 0) is 30.7 Å². The minimum atomic E-state index is -0.0701. The number of nitrogens with two attached hydrogens (primary N) is 1. The Morgan fingerprint density at radius 2 is 1.87 bits per heavy atom. The molecule has 2 aromatic heterocycles. The highest BCUT2D eigenvalue weighted by atomic mass is 16.5. The van der Waals surface area contributed by atoms with E-state index in [0.29, 0.717) is 31.0 Å². The van der Waals surface area contributed by atoms with Crippen LogP contribution >= 0.6 is 0 Å². The number of benzene rings is 2. The summed E-state index contributed by atoms with van der Waals surface area (Å²) in [4.78, 5) is 22.5. The number of rotatable bonds is 4. The number of aromatic nitrogens is 3. The molecule has 2 aromatic carbocycles. The maximum Gasteiger partial charge on any atom is 0.254 e. The summed E-state index contributed by atoms with van der Waals surface area (Å²) in [5, 5.41) is 4.22. The molecule has 0 radical (unpaired) electrons. The van der Waals surface area contributed by atoms with E-state index in [9.17, 15) is 4.79 Å². The number of nitrogen functional groups attached to an aromatic ring is 1. The molecule has 7 heteroatoms. The summed E-state index contributed by atoms with van der Waals surface area (Å²) in [7, 11) is 0. The van der Waals surface area contributed by atoms with E-state index in [1.165, 1.54) is 0 Å². The van der Waals surface area contributed by atoms with E-state index < -0.39 is 0 Å². The Kier molecular flexibility index (Phi) is 4.65. The van der Waals surface area contributed by atoms with Gasteiger partial charge in [0.1, 0.15) is 5.82 Å². The van der Waals surface area contributed by atoms with Crippen molar-refractivity contribution in [2.75, 3.05) is 12.3 Å². The zero-order chi connectivity index (χ0) is 20.5. The van der Waals surface area contributed by atoms with Crippen LogP contribution in [0.25, 0.3) is 22.7 Å². The Morgan fingerprint density at radius 3 is 2.67 bits per heavy atom. The largest absolute Gasteiger partial charge is 0.399 e. The van der Waals surface area contributed by atoms with Gasteiger partial charge in [0.15, 0.2) is 5.76 Å². The number of hydrogen-bond acceptors (Lipinski definition) is 6. The van der Waals surface area contributed by atoms with Crippen LogP contribution in [-0.2, 0) is 19.5 Å². The Morgan fingerprint density at radius 1 is 1.07 bits per heavy atom. The Balaban J connectivity index is 1.36. The maximum absolute atomic E-state index is 12.6. The van der Waals surface area contributed by atoms with Crippen LogP contribution in [0.3, 0.4) is 0 Å². The van der Waals surface area contributed by atoms with Crippen LogP contribution in [-0.4, -0.2) is 26.6 Å². The number of hydrogen-bond donors (Lipinski definition) is 2. The summed E-state index contributed by atoms with van der Waals surface area (Å²) in [5.74, 6) is 1.32. The molecule has 1 aliphatic rings. The standard InChI is InChI=1S/C23H21N5O2/c24-17-8-6-16(7-9-17)22-25-20-14-28(11-10-19(20)23(29)26-22)13-18-12-21(30-27-18)15-4-2-1-3-5-15/h1-9,12H,10-11,13-14,24H2,(H,25,26,29). The molecule has 0 amide bonds. The van der Waals surface area contributed by atoms with E-state index in [0.717, 1.165) is 40.4 Å². The van der Waals surface area contributed by atoms with E-state index in [1.54, 1.807) is 12.1 Å². The molecule has 4 aromatic rings. The first-order valence-electron chi connectivity index (χ1n) is 9.87. The number of nitrogens with one attached hydrogen (secondary N) is 1. The monoisotopic (exact) mass is 399 g/mol. The lowest BCUT2D eigenvalue weighted by atomic mass is 10.1. The fourth-order valence-electron chi connectivity index (χ4n) is 3.76. The summed E-state index contributed by atoms with van der Waals surface area (Å²) in [6, 6.07) is 19.2. The topological polar surface area (TPSA) is 101 Å². The van der Waals surface area contributed by atoms with Gasteiger partial charge in [0.25, 0.3) is 5.56 Å². The van der Waals surface area contributed by atoms with Crippen LogP contribution in [0, 0.1) is 0 Å². The van der Waals surface area contributed by atoms with E-state index in [1.807, 2.05) is 48.5 Å². The lowest BCUT2D eigenvalue weighted by molar-refractivity contribution is 0.233. The minimum Gasteiger partial charge on any atom is -0.399 e. The SMILES string of the molecule is Nc1ccc(-c2nc3c(c(=O)[nH]2)CCN(Cc2cc(-c4ccccc4)on2)C3)cc1. The average molecular weight is 399 g/mol. The molecule has 3 N–H and O–H groups in total. The third-order valence-corrected chi connectivity index (χ3v) is 5.34. The van der Waals surface area contributed by atoms with Crippen LogP contribution in [0.1, 0.15) is 17.0 Å². The zero-order valence-electron chi connectivity index (χ0n) is 16.3. The second-order valence-corrected chi connectivity index (χ2v) is 7.47. The first-order chi connectivity index (χ1) is 14.7. The summed E-state index contributed by atoms with van der Waals surface area (Å²) in [5.41, 5.74) is 10.6. The number of anilines is 1. The molecular formula is C23H21N5O2. The van der Waals surface area contributed by atoms with Crippen LogP contribution in [0.15, 0.2) is 70.0 Å². The molecule has 0 atom stereocenters. The quantitative estimate of drug-likeness (QED) is 0.511. The molecule has 1 aliphatic heterocycles. The molecule has 0 fully saturated rings. The van der Waals surface area contributed by atoms with Gasteiger partial charge in [-0.2, -0.15) is 0 Å². The van der Waals surface area contributed by atoms with E-state index >= 15 is 0 Å². The fraction of sp³-hybridized carbons (Fsp3) is 0.174. The number of nitrogens with zero attached hydrogens (tertiary/aromatic N) is 3. The van der Waals surface area contributed by atoms with Gasteiger partial charge in [-0.1, -0.05) is 35.5 Å². The second kappa shape index (κ2) is 7.61. The van der Waals surface area contributed by atoms with Gasteiger partial charge in [-0.25, -0.2) is 4.98 Å². The first-order valence-corrected chi connectivity index (χ1v) is 9.87. The third-order valence-electron chi connectivity index (χ3n) is 5.34. The molecule has 3 heterocycles. The van der Waals surface area contributed by atoms with E-state index in [-0.39, 0.29) is 5.56 Å². The van der Waals surface area contributed by atoms with Gasteiger partial charge >= 0.3 is 0 Å². The summed E-state index contributed by atoms with van der Waals surface area (Å²) < 4.78 is 5.51. The van der Waals surface area contributed by atoms with Gasteiger partial charge in [0.05, 0.1) is 11.4 Å². The smallest absolute Gasteiger partial charge is 0.254 e. The third kappa shape index (κ3) is 3.62. The molecule has 30 heavy (non-hydrogen) atoms. The Hall–Kier alpha value is -3.71. The van der Waals surface area contributed by atoms with Crippen LogP contribution in [0.5, 0.6) is 0 Å². The Labute approximate surface area is 173 Å². The van der Waals surface area contributed by atoms with Gasteiger partial charge in [0.2, 0.25) is 0 Å². The maximum atomic E-state index is 12.6. The normalized spacial score (nSPS) is 13.9. The van der Waals surface area contributed by atoms with Crippen molar-refractivity contribution in [1.82, 2.24) is 20.0 Å². The second-order valence-electron chi connectivity index (χ2n) is 7.47. The van der Waals surface area contributed by atoms with Crippen molar-refractivity contribution < 1.29 is 4.52 Å². The highest BCUT2D eigenvalue weighted by Gasteiger charge is 2.22. The molecule has 0 unspecified atom stereocenters. The predicted octanol–water partition coefficient (Wildman–Crippen LogP) is 3.23. The van der Waals surface area contributed by atoms with Crippen molar-refractivity contribution >= 4 is 5.69 Å². The average Bonchev–Trinajstić information content (AvgIpc) is 3.23. The van der Waals surface area contributed by atoms with Crippen LogP contribution in [0.2, 0.25) is 0 Å². The molecule has 0 saturated carbocycles. The van der Waals surface area contributed by atoms with Crippen molar-refractivity contribution in [2.24, 2.45) is 0 Å². The molecular weight excluding hydrogens is 378 g/mol. The van der Waals surface area contributed by atoms with Crippen LogP contribution < -0.4 is 11.3 Å². The lowest BCUT2D eigenvalue weighted by Crippen LogP contribution is -2.35. The minimum absolute atomic E-state index is 0.0701. The van der Waals surface area contributed by atoms with Crippen LogP contribution in [0.4, 0.5) is 5.69 Å². The fourth-order valence-corrected chi connectivity index (χ4v) is 3.76. The van der Waals surface area contributed by atoms with Gasteiger partial charge in [-0.15, -0.1) is 0 Å². The van der Waals surface area contributed by atoms with E-state index in [2.05, 4.69) is 15.0 Å². The van der Waals surface area contributed by atoms with Crippen molar-refractivity contribution in [2.45, 2.75) is 19.5 Å². The number of aromatic amines is 1. The van der Waals surface area contributed by atoms with Gasteiger partial charge in [-0.3, -0.25) is 9.69 Å². The lowest BCUT2D eigenvalue weighted by Gasteiger charge is -2.26. The molecule has 5 rings (SSSR count). The number of fused-ring (bicyclic) bond motifs is 1. The van der Waals surface area contributed by atoms with Gasteiger partial charge in [0, 0.05) is 48.1 Å². The molecule has 0 spiro atoms. The molecule has 0 aliphatic carbocycles. The summed E-state index contributed by atoms with van der Waals surface area (Å²) >= 11 is 0. The van der Waals surface area contributed by atoms with E-state index in [4.69, 9.17) is 15.2 Å². The zero-order valence-corrected chi connectivity index (χ0v) is 16.3. The molecule has 0 saturated heterocycles. The van der Waals surface area contributed by atoms with Crippen molar-refractivity contribution in [3.63, 3.8) is 0 Å². The Bertz CT molecular complexity index is 1230. The first kappa shape index (κ1) is 18.3. The van der Waals surface area contributed by atoms with Crippen molar-refractivity contribution in [3.05, 3.63) is 88.0 Å².